The van der Waals surface area contributed by atoms with Crippen LogP contribution in [-0.4, -0.2) is 32.7 Å². The number of ether oxygens (including phenoxy) is 1. The molecule has 0 unspecified atom stereocenters. The molecule has 0 aliphatic carbocycles. The fraction of sp³-hybridized carbons (Fsp3) is 0.462. The number of nitrogens with zero attached hydrogens (tertiary/aromatic N) is 4. The molecule has 10 heteroatoms. The molecule has 1 aliphatic heterocycles. The SMILES string of the molecule is Fc1cnc(Cl)nc1-c1cnc(C(F)(F)F)n1C1CCOCC1. The third-order valence-corrected chi connectivity index (χ3v) is 3.75. The lowest BCUT2D eigenvalue weighted by molar-refractivity contribution is -0.148. The smallest absolute Gasteiger partial charge is 0.381 e. The first-order valence-corrected chi connectivity index (χ1v) is 7.16. The van der Waals surface area contributed by atoms with Crippen LogP contribution in [0.1, 0.15) is 24.7 Å². The van der Waals surface area contributed by atoms with Crippen LogP contribution in [0.2, 0.25) is 5.28 Å². The predicted octanol–water partition coefficient (Wildman–Crippen LogP) is 3.50. The number of alkyl halides is 3. The van der Waals surface area contributed by atoms with E-state index in [2.05, 4.69) is 15.0 Å². The molecular weight excluding hydrogens is 340 g/mol. The average molecular weight is 351 g/mol. The van der Waals surface area contributed by atoms with Gasteiger partial charge in [0.2, 0.25) is 11.1 Å². The van der Waals surface area contributed by atoms with Gasteiger partial charge < -0.3 is 9.30 Å². The first-order chi connectivity index (χ1) is 10.9. The molecule has 124 valence electrons. The summed E-state index contributed by atoms with van der Waals surface area (Å²) in [4.78, 5) is 10.6. The first kappa shape index (κ1) is 16.1. The van der Waals surface area contributed by atoms with Crippen molar-refractivity contribution in [2.45, 2.75) is 25.1 Å². The molecule has 1 aliphatic rings. The molecule has 1 saturated heterocycles. The van der Waals surface area contributed by atoms with Crippen molar-refractivity contribution in [2.24, 2.45) is 0 Å². The van der Waals surface area contributed by atoms with Gasteiger partial charge in [-0.15, -0.1) is 0 Å². The van der Waals surface area contributed by atoms with Gasteiger partial charge in [0.1, 0.15) is 5.69 Å². The summed E-state index contributed by atoms with van der Waals surface area (Å²) < 4.78 is 59.9. The topological polar surface area (TPSA) is 52.8 Å². The second-order valence-electron chi connectivity index (χ2n) is 5.01. The Morgan fingerprint density at radius 2 is 1.87 bits per heavy atom. The van der Waals surface area contributed by atoms with Crippen LogP contribution in [-0.2, 0) is 10.9 Å². The van der Waals surface area contributed by atoms with E-state index in [1.165, 1.54) is 0 Å². The van der Waals surface area contributed by atoms with Crippen molar-refractivity contribution in [1.29, 1.82) is 0 Å². The van der Waals surface area contributed by atoms with E-state index in [-0.39, 0.29) is 16.7 Å². The Labute approximate surface area is 133 Å². The Kier molecular flexibility index (Phi) is 4.24. The number of halogens is 5. The summed E-state index contributed by atoms with van der Waals surface area (Å²) in [6, 6.07) is -0.508. The van der Waals surface area contributed by atoms with Gasteiger partial charge in [0.05, 0.1) is 18.1 Å². The fourth-order valence-electron chi connectivity index (χ4n) is 2.58. The van der Waals surface area contributed by atoms with Crippen LogP contribution in [0.5, 0.6) is 0 Å². The highest BCUT2D eigenvalue weighted by molar-refractivity contribution is 6.28. The Bertz CT molecular complexity index is 712. The van der Waals surface area contributed by atoms with E-state index < -0.39 is 23.9 Å². The third-order valence-electron chi connectivity index (χ3n) is 3.56. The van der Waals surface area contributed by atoms with Gasteiger partial charge >= 0.3 is 6.18 Å². The minimum Gasteiger partial charge on any atom is -0.381 e. The summed E-state index contributed by atoms with van der Waals surface area (Å²) >= 11 is 5.64. The number of aromatic nitrogens is 4. The standard InChI is InChI=1S/C13H11ClF4N4O/c14-12-20-5-8(15)10(21-12)9-6-19-11(13(16,17)18)22(9)7-1-3-23-4-2-7/h5-7H,1-4H2. The molecule has 0 radical (unpaired) electrons. The lowest BCUT2D eigenvalue weighted by Crippen LogP contribution is -2.25. The van der Waals surface area contributed by atoms with Gasteiger partial charge in [0.25, 0.3) is 0 Å². The molecular formula is C13H11ClF4N4O. The minimum absolute atomic E-state index is 0.0778. The monoisotopic (exact) mass is 350 g/mol. The first-order valence-electron chi connectivity index (χ1n) is 6.78. The van der Waals surface area contributed by atoms with Gasteiger partial charge in [0, 0.05) is 19.3 Å². The minimum atomic E-state index is -4.66. The summed E-state index contributed by atoms with van der Waals surface area (Å²) in [5.41, 5.74) is -0.384. The molecule has 1 fully saturated rings. The summed E-state index contributed by atoms with van der Waals surface area (Å²) in [6.07, 6.45) is -2.15. The molecule has 0 amide bonds. The van der Waals surface area contributed by atoms with Crippen molar-refractivity contribution in [3.05, 3.63) is 29.3 Å². The summed E-state index contributed by atoms with van der Waals surface area (Å²) in [5.74, 6) is -1.95. The summed E-state index contributed by atoms with van der Waals surface area (Å²) in [6.45, 7) is 0.652. The summed E-state index contributed by atoms with van der Waals surface area (Å²) in [5, 5.41) is -0.255. The van der Waals surface area contributed by atoms with Crippen LogP contribution in [0.4, 0.5) is 17.6 Å². The Balaban J connectivity index is 2.17. The zero-order chi connectivity index (χ0) is 16.6. The van der Waals surface area contributed by atoms with Crippen molar-refractivity contribution < 1.29 is 22.3 Å². The average Bonchev–Trinajstić information content (AvgIpc) is 2.95. The quantitative estimate of drug-likeness (QED) is 0.614. The lowest BCUT2D eigenvalue weighted by Gasteiger charge is -2.27. The Morgan fingerprint density at radius 3 is 2.52 bits per heavy atom. The molecule has 0 spiro atoms. The fourth-order valence-corrected chi connectivity index (χ4v) is 2.72. The molecule has 0 bridgehead atoms. The Morgan fingerprint density at radius 1 is 1.17 bits per heavy atom. The van der Waals surface area contributed by atoms with E-state index >= 15 is 0 Å². The highest BCUT2D eigenvalue weighted by Gasteiger charge is 2.40. The highest BCUT2D eigenvalue weighted by atomic mass is 35.5. The third kappa shape index (κ3) is 3.16. The lowest BCUT2D eigenvalue weighted by atomic mass is 10.1. The van der Waals surface area contributed by atoms with Crippen molar-refractivity contribution in [1.82, 2.24) is 19.5 Å². The molecule has 3 rings (SSSR count). The molecule has 3 heterocycles. The van der Waals surface area contributed by atoms with Crippen molar-refractivity contribution in [3.63, 3.8) is 0 Å². The maximum Gasteiger partial charge on any atom is 0.449 e. The van der Waals surface area contributed by atoms with Gasteiger partial charge in [-0.25, -0.2) is 19.3 Å². The van der Waals surface area contributed by atoms with Gasteiger partial charge in [-0.2, -0.15) is 13.2 Å². The highest BCUT2D eigenvalue weighted by Crippen LogP contribution is 2.37. The van der Waals surface area contributed by atoms with Crippen LogP contribution in [0, 0.1) is 5.82 Å². The second-order valence-corrected chi connectivity index (χ2v) is 5.35. The second kappa shape index (κ2) is 6.04. The van der Waals surface area contributed by atoms with Gasteiger partial charge in [-0.1, -0.05) is 0 Å². The number of rotatable bonds is 2. The predicted molar refractivity (Wildman–Crippen MR) is 72.3 cm³/mol. The van der Waals surface area contributed by atoms with Crippen LogP contribution < -0.4 is 0 Å². The van der Waals surface area contributed by atoms with Gasteiger partial charge in [0.15, 0.2) is 5.82 Å². The van der Waals surface area contributed by atoms with E-state index in [0.29, 0.717) is 26.1 Å². The number of hydrogen-bond donors (Lipinski definition) is 0. The zero-order valence-electron chi connectivity index (χ0n) is 11.6. The molecule has 0 atom stereocenters. The molecule has 0 aromatic carbocycles. The van der Waals surface area contributed by atoms with E-state index in [1.807, 2.05) is 0 Å². The van der Waals surface area contributed by atoms with Gasteiger partial charge in [-0.3, -0.25) is 0 Å². The Hall–Kier alpha value is -1.74. The largest absolute Gasteiger partial charge is 0.449 e. The van der Waals surface area contributed by atoms with Crippen LogP contribution in [0.25, 0.3) is 11.4 Å². The van der Waals surface area contributed by atoms with E-state index in [9.17, 15) is 17.6 Å². The summed E-state index contributed by atoms with van der Waals surface area (Å²) in [7, 11) is 0. The van der Waals surface area contributed by atoms with Crippen molar-refractivity contribution >= 4 is 11.6 Å². The van der Waals surface area contributed by atoms with Crippen LogP contribution in [0.3, 0.4) is 0 Å². The van der Waals surface area contributed by atoms with E-state index in [4.69, 9.17) is 16.3 Å². The van der Waals surface area contributed by atoms with Crippen molar-refractivity contribution in [3.8, 4) is 11.4 Å². The number of hydrogen-bond acceptors (Lipinski definition) is 4. The van der Waals surface area contributed by atoms with E-state index in [1.54, 1.807) is 0 Å². The van der Waals surface area contributed by atoms with Crippen LogP contribution in [0.15, 0.2) is 12.4 Å². The van der Waals surface area contributed by atoms with E-state index in [0.717, 1.165) is 17.0 Å². The maximum absolute atomic E-state index is 14.0. The maximum atomic E-state index is 14.0. The molecule has 0 saturated carbocycles. The number of imidazole rings is 1. The molecule has 0 N–H and O–H groups in total. The van der Waals surface area contributed by atoms with Crippen LogP contribution >= 0.6 is 11.6 Å². The zero-order valence-corrected chi connectivity index (χ0v) is 12.4. The van der Waals surface area contributed by atoms with Gasteiger partial charge in [-0.05, 0) is 24.4 Å². The molecule has 2 aromatic heterocycles. The molecule has 5 nitrogen and oxygen atoms in total. The molecule has 23 heavy (non-hydrogen) atoms. The van der Waals surface area contributed by atoms with Crippen molar-refractivity contribution in [2.75, 3.05) is 13.2 Å². The molecule has 2 aromatic rings. The normalized spacial score (nSPS) is 16.7.